The first-order valence-electron chi connectivity index (χ1n) is 7.55. The number of piperazine rings is 1. The topological polar surface area (TPSA) is 15.3 Å². The summed E-state index contributed by atoms with van der Waals surface area (Å²) in [5.74, 6) is 0.884. The van der Waals surface area contributed by atoms with E-state index in [0.717, 1.165) is 40.5 Å². The maximum atomic E-state index is 6.34. The zero-order chi connectivity index (χ0) is 14.3. The van der Waals surface area contributed by atoms with Crippen LogP contribution in [0.15, 0.2) is 16.6 Å². The van der Waals surface area contributed by atoms with Gasteiger partial charge in [-0.1, -0.05) is 18.5 Å². The molecule has 1 aliphatic heterocycles. The molecular formula is C16H22BrClN2. The van der Waals surface area contributed by atoms with Crippen molar-refractivity contribution in [1.29, 1.82) is 0 Å². The Morgan fingerprint density at radius 3 is 2.80 bits per heavy atom. The summed E-state index contributed by atoms with van der Waals surface area (Å²) in [6, 6.07) is 5.46. The number of aryl methyl sites for hydroxylation is 1. The van der Waals surface area contributed by atoms with Crippen molar-refractivity contribution < 1.29 is 0 Å². The summed E-state index contributed by atoms with van der Waals surface area (Å²) in [7, 11) is 0. The molecule has 20 heavy (non-hydrogen) atoms. The second-order valence-corrected chi connectivity index (χ2v) is 7.38. The number of nitrogens with one attached hydrogen (secondary N) is 1. The predicted molar refractivity (Wildman–Crippen MR) is 89.8 cm³/mol. The van der Waals surface area contributed by atoms with Crippen LogP contribution in [0, 0.1) is 12.8 Å². The monoisotopic (exact) mass is 356 g/mol. The van der Waals surface area contributed by atoms with Crippen molar-refractivity contribution >= 4 is 33.2 Å². The number of halogens is 2. The Morgan fingerprint density at radius 2 is 2.15 bits per heavy atom. The van der Waals surface area contributed by atoms with Gasteiger partial charge in [-0.25, -0.2) is 0 Å². The average molecular weight is 358 g/mol. The van der Waals surface area contributed by atoms with Gasteiger partial charge in [0.1, 0.15) is 0 Å². The van der Waals surface area contributed by atoms with Crippen LogP contribution in [-0.2, 0) is 0 Å². The zero-order valence-electron chi connectivity index (χ0n) is 12.1. The summed E-state index contributed by atoms with van der Waals surface area (Å²) in [6.07, 6.45) is 3.93. The molecule has 2 nitrogen and oxygen atoms in total. The summed E-state index contributed by atoms with van der Waals surface area (Å²) >= 11 is 10.1. The summed E-state index contributed by atoms with van der Waals surface area (Å²) in [5, 5.41) is 4.60. The highest BCUT2D eigenvalue weighted by molar-refractivity contribution is 9.10. The Balaban J connectivity index is 1.89. The Morgan fingerprint density at radius 1 is 1.40 bits per heavy atom. The highest BCUT2D eigenvalue weighted by Gasteiger charge is 2.37. The van der Waals surface area contributed by atoms with E-state index in [4.69, 9.17) is 11.6 Å². The van der Waals surface area contributed by atoms with Crippen LogP contribution in [-0.4, -0.2) is 25.2 Å². The van der Waals surface area contributed by atoms with Crippen molar-refractivity contribution in [2.45, 2.75) is 45.2 Å². The van der Waals surface area contributed by atoms with Gasteiger partial charge in [0.05, 0.1) is 5.69 Å². The van der Waals surface area contributed by atoms with Crippen molar-refractivity contribution in [2.24, 2.45) is 5.92 Å². The van der Waals surface area contributed by atoms with Crippen LogP contribution in [0.5, 0.6) is 0 Å². The van der Waals surface area contributed by atoms with Gasteiger partial charge in [-0.2, -0.15) is 0 Å². The third kappa shape index (κ3) is 2.86. The van der Waals surface area contributed by atoms with E-state index in [2.05, 4.69) is 52.1 Å². The van der Waals surface area contributed by atoms with Gasteiger partial charge in [-0.15, -0.1) is 0 Å². The molecule has 1 aromatic rings. The highest BCUT2D eigenvalue weighted by atomic mass is 79.9. The summed E-state index contributed by atoms with van der Waals surface area (Å²) in [5.41, 5.74) is 2.38. The molecule has 1 N–H and O–H groups in total. The molecule has 0 radical (unpaired) electrons. The minimum absolute atomic E-state index is 0.556. The first kappa shape index (κ1) is 14.7. The molecule has 3 rings (SSSR count). The van der Waals surface area contributed by atoms with Crippen LogP contribution < -0.4 is 10.2 Å². The molecule has 2 unspecified atom stereocenters. The fourth-order valence-electron chi connectivity index (χ4n) is 3.15. The van der Waals surface area contributed by atoms with Gasteiger partial charge in [0.25, 0.3) is 0 Å². The number of nitrogens with zero attached hydrogens (tertiary/aromatic N) is 1. The first-order chi connectivity index (χ1) is 9.60. The molecule has 0 bridgehead atoms. The smallest absolute Gasteiger partial charge is 0.0529 e. The lowest BCUT2D eigenvalue weighted by molar-refractivity contribution is 0.359. The minimum atomic E-state index is 0.556. The van der Waals surface area contributed by atoms with Gasteiger partial charge in [0.2, 0.25) is 0 Å². The van der Waals surface area contributed by atoms with Gasteiger partial charge < -0.3 is 10.2 Å². The molecule has 1 aromatic carbocycles. The Bertz CT molecular complexity index is 501. The number of hydrogen-bond acceptors (Lipinski definition) is 2. The molecule has 1 aliphatic carbocycles. The number of anilines is 1. The van der Waals surface area contributed by atoms with E-state index >= 15 is 0 Å². The van der Waals surface area contributed by atoms with E-state index in [9.17, 15) is 0 Å². The molecule has 1 saturated carbocycles. The van der Waals surface area contributed by atoms with Crippen LogP contribution in [0.1, 0.15) is 31.7 Å². The summed E-state index contributed by atoms with van der Waals surface area (Å²) < 4.78 is 1.16. The van der Waals surface area contributed by atoms with Crippen LogP contribution in [0.25, 0.3) is 0 Å². The molecule has 110 valence electrons. The van der Waals surface area contributed by atoms with Crippen molar-refractivity contribution in [3.8, 4) is 0 Å². The van der Waals surface area contributed by atoms with Gasteiger partial charge in [0.15, 0.2) is 0 Å². The standard InChI is InChI=1S/C16H22BrClN2/c1-3-12-8-19-15(11-4-5-11)9-20(12)16-7-14(18)10(2)6-13(16)17/h6-7,11-12,15,19H,3-5,8-9H2,1-2H3. The van der Waals surface area contributed by atoms with Crippen LogP contribution in [0.3, 0.4) is 0 Å². The predicted octanol–water partition coefficient (Wildman–Crippen LogP) is 4.38. The van der Waals surface area contributed by atoms with Gasteiger partial charge >= 0.3 is 0 Å². The fourth-order valence-corrected chi connectivity index (χ4v) is 4.00. The zero-order valence-corrected chi connectivity index (χ0v) is 14.5. The van der Waals surface area contributed by atoms with Crippen LogP contribution in [0.4, 0.5) is 5.69 Å². The summed E-state index contributed by atoms with van der Waals surface area (Å²) in [4.78, 5) is 2.55. The van der Waals surface area contributed by atoms with Gasteiger partial charge in [-0.3, -0.25) is 0 Å². The van der Waals surface area contributed by atoms with Crippen LogP contribution in [0.2, 0.25) is 5.02 Å². The maximum Gasteiger partial charge on any atom is 0.0529 e. The van der Waals surface area contributed by atoms with Crippen molar-refractivity contribution in [3.05, 3.63) is 27.2 Å². The lowest BCUT2D eigenvalue weighted by Crippen LogP contribution is -2.57. The van der Waals surface area contributed by atoms with E-state index in [1.165, 1.54) is 18.5 Å². The molecule has 2 fully saturated rings. The number of benzene rings is 1. The van der Waals surface area contributed by atoms with Crippen molar-refractivity contribution in [1.82, 2.24) is 5.32 Å². The van der Waals surface area contributed by atoms with E-state index in [1.807, 2.05) is 0 Å². The maximum absolute atomic E-state index is 6.34. The average Bonchev–Trinajstić information content (AvgIpc) is 3.27. The molecule has 4 heteroatoms. The SMILES string of the molecule is CCC1CNC(C2CC2)CN1c1cc(Cl)c(C)cc1Br. The third-order valence-corrected chi connectivity index (χ3v) is 5.69. The first-order valence-corrected chi connectivity index (χ1v) is 8.73. The Hall–Kier alpha value is -0.250. The van der Waals surface area contributed by atoms with E-state index in [1.54, 1.807) is 0 Å². The van der Waals surface area contributed by atoms with E-state index < -0.39 is 0 Å². The molecule has 2 aliphatic rings. The number of hydrogen-bond donors (Lipinski definition) is 1. The highest BCUT2D eigenvalue weighted by Crippen LogP contribution is 2.38. The van der Waals surface area contributed by atoms with Crippen molar-refractivity contribution in [3.63, 3.8) is 0 Å². The van der Waals surface area contributed by atoms with E-state index in [-0.39, 0.29) is 0 Å². The Labute approximate surface area is 135 Å². The van der Waals surface area contributed by atoms with Gasteiger partial charge in [0, 0.05) is 34.7 Å². The largest absolute Gasteiger partial charge is 0.365 e. The molecule has 0 spiro atoms. The second kappa shape index (κ2) is 5.86. The van der Waals surface area contributed by atoms with Gasteiger partial charge in [-0.05, 0) is 65.7 Å². The number of rotatable bonds is 3. The van der Waals surface area contributed by atoms with Crippen molar-refractivity contribution in [2.75, 3.05) is 18.0 Å². The minimum Gasteiger partial charge on any atom is -0.365 e. The van der Waals surface area contributed by atoms with Crippen LogP contribution >= 0.6 is 27.5 Å². The molecule has 0 amide bonds. The fraction of sp³-hybridized carbons (Fsp3) is 0.625. The molecule has 2 atom stereocenters. The third-order valence-electron chi connectivity index (χ3n) is 4.65. The quantitative estimate of drug-likeness (QED) is 0.863. The molecule has 0 aromatic heterocycles. The molecular weight excluding hydrogens is 336 g/mol. The lowest BCUT2D eigenvalue weighted by Gasteiger charge is -2.42. The summed E-state index contributed by atoms with van der Waals surface area (Å²) in [6.45, 7) is 6.50. The normalized spacial score (nSPS) is 26.9. The molecule has 1 heterocycles. The molecule has 1 saturated heterocycles. The Kier molecular flexibility index (Phi) is 4.30. The lowest BCUT2D eigenvalue weighted by atomic mass is 10.0. The van der Waals surface area contributed by atoms with E-state index in [0.29, 0.717) is 12.1 Å². The second-order valence-electron chi connectivity index (χ2n) is 6.12.